The first-order chi connectivity index (χ1) is 7.86. The van der Waals surface area contributed by atoms with Gasteiger partial charge in [-0.05, 0) is 18.2 Å². The van der Waals surface area contributed by atoms with E-state index in [1.807, 2.05) is 36.5 Å². The van der Waals surface area contributed by atoms with Crippen molar-refractivity contribution in [2.45, 2.75) is 0 Å². The van der Waals surface area contributed by atoms with E-state index in [4.69, 9.17) is 0 Å². The van der Waals surface area contributed by atoms with E-state index in [2.05, 4.69) is 49.2 Å². The molecule has 0 bridgehead atoms. The number of hydrogen-bond donors (Lipinski definition) is 0. The molecular formula is C13H9IN2. The van der Waals surface area contributed by atoms with Crippen LogP contribution >= 0.6 is 22.9 Å². The number of para-hydroxylation sites is 3. The summed E-state index contributed by atoms with van der Waals surface area (Å²) in [6.07, 6.45) is 1.92. The Hall–Kier alpha value is -1.36. The molecule has 0 aromatic heterocycles. The molecule has 16 heavy (non-hydrogen) atoms. The second-order valence-electron chi connectivity index (χ2n) is 3.59. The maximum atomic E-state index is 4.51. The van der Waals surface area contributed by atoms with Gasteiger partial charge in [0.15, 0.2) is 0 Å². The number of nitrogens with zero attached hydrogens (tertiary/aromatic N) is 2. The Kier molecular flexibility index (Phi) is 2.40. The number of benzene rings is 2. The zero-order valence-corrected chi connectivity index (χ0v) is 10.6. The molecule has 0 fully saturated rings. The fourth-order valence-electron chi connectivity index (χ4n) is 1.78. The summed E-state index contributed by atoms with van der Waals surface area (Å²) in [5.41, 5.74) is 4.46. The van der Waals surface area contributed by atoms with Crippen LogP contribution in [0.4, 0.5) is 17.1 Å². The van der Waals surface area contributed by atoms with Crippen LogP contribution in [-0.2, 0) is 0 Å². The highest BCUT2D eigenvalue weighted by Crippen LogP contribution is 2.39. The lowest BCUT2D eigenvalue weighted by Gasteiger charge is -2.17. The van der Waals surface area contributed by atoms with Crippen LogP contribution in [0.25, 0.3) is 0 Å². The van der Waals surface area contributed by atoms with Crippen molar-refractivity contribution in [2.75, 3.05) is 3.11 Å². The Bertz CT molecular complexity index is 514. The minimum Gasteiger partial charge on any atom is -0.280 e. The molecule has 2 aromatic rings. The molecule has 2 nitrogen and oxygen atoms in total. The number of hydrogen-bond acceptors (Lipinski definition) is 2. The van der Waals surface area contributed by atoms with Crippen molar-refractivity contribution in [3.63, 3.8) is 0 Å². The van der Waals surface area contributed by atoms with Gasteiger partial charge in [0.1, 0.15) is 0 Å². The van der Waals surface area contributed by atoms with Crippen LogP contribution < -0.4 is 3.11 Å². The maximum absolute atomic E-state index is 4.51. The number of rotatable bonds is 0. The molecule has 3 heteroatoms. The van der Waals surface area contributed by atoms with Gasteiger partial charge in [-0.3, -0.25) is 8.11 Å². The molecule has 2 aromatic carbocycles. The van der Waals surface area contributed by atoms with E-state index in [0.717, 1.165) is 16.9 Å². The third-order valence-corrected chi connectivity index (χ3v) is 3.62. The van der Waals surface area contributed by atoms with Crippen molar-refractivity contribution in [2.24, 2.45) is 4.99 Å². The van der Waals surface area contributed by atoms with E-state index in [1.165, 1.54) is 5.69 Å². The summed E-state index contributed by atoms with van der Waals surface area (Å²) in [4.78, 5) is 4.51. The summed E-state index contributed by atoms with van der Waals surface area (Å²) < 4.78 is 2.15. The average molecular weight is 320 g/mol. The molecule has 0 radical (unpaired) electrons. The molecule has 0 saturated heterocycles. The first-order valence-corrected chi connectivity index (χ1v) is 6.01. The normalized spacial score (nSPS) is 12.9. The highest BCUT2D eigenvalue weighted by Gasteiger charge is 2.15. The third-order valence-electron chi connectivity index (χ3n) is 2.58. The molecule has 0 saturated carbocycles. The van der Waals surface area contributed by atoms with Gasteiger partial charge in [-0.1, -0.05) is 30.3 Å². The Morgan fingerprint density at radius 3 is 2.44 bits per heavy atom. The quantitative estimate of drug-likeness (QED) is 0.524. The van der Waals surface area contributed by atoms with Crippen LogP contribution in [0.1, 0.15) is 5.56 Å². The van der Waals surface area contributed by atoms with E-state index >= 15 is 0 Å². The number of aliphatic imine (C=N–C) groups is 1. The lowest BCUT2D eigenvalue weighted by atomic mass is 10.2. The van der Waals surface area contributed by atoms with Crippen molar-refractivity contribution in [1.82, 2.24) is 0 Å². The van der Waals surface area contributed by atoms with Crippen molar-refractivity contribution < 1.29 is 0 Å². The Labute approximate surface area is 108 Å². The summed E-state index contributed by atoms with van der Waals surface area (Å²) >= 11 is 2.32. The molecule has 3 rings (SSSR count). The van der Waals surface area contributed by atoms with Crippen molar-refractivity contribution in [1.29, 1.82) is 0 Å². The van der Waals surface area contributed by atoms with Gasteiger partial charge in [0.05, 0.1) is 39.9 Å². The zero-order valence-electron chi connectivity index (χ0n) is 8.47. The number of halogens is 1. The van der Waals surface area contributed by atoms with Gasteiger partial charge >= 0.3 is 0 Å². The topological polar surface area (TPSA) is 15.6 Å². The van der Waals surface area contributed by atoms with E-state index in [1.54, 1.807) is 0 Å². The summed E-state index contributed by atoms with van der Waals surface area (Å²) in [7, 11) is 0. The van der Waals surface area contributed by atoms with Crippen LogP contribution in [0.2, 0.25) is 0 Å². The third kappa shape index (κ3) is 1.51. The molecule has 0 amide bonds. The van der Waals surface area contributed by atoms with E-state index < -0.39 is 0 Å². The standard InChI is InChI=1S/C13H9IN2/c14-16-12-7-3-1-5-10(12)9-15-11-6-2-4-8-13(11)16/h1-9H. The van der Waals surface area contributed by atoms with Crippen LogP contribution in [0.5, 0.6) is 0 Å². The molecule has 78 valence electrons. The van der Waals surface area contributed by atoms with Crippen molar-refractivity contribution in [3.05, 3.63) is 54.1 Å². The maximum Gasteiger partial charge on any atom is 0.0874 e. The average Bonchev–Trinajstić information content (AvgIpc) is 2.49. The molecule has 0 aliphatic carbocycles. The Balaban J connectivity index is 2.26. The number of anilines is 2. The van der Waals surface area contributed by atoms with Gasteiger partial charge in [-0.15, -0.1) is 0 Å². The van der Waals surface area contributed by atoms with Crippen molar-refractivity contribution >= 4 is 46.1 Å². The zero-order chi connectivity index (χ0) is 11.0. The summed E-state index contributed by atoms with van der Waals surface area (Å²) in [5, 5.41) is 0. The molecule has 0 unspecified atom stereocenters. The van der Waals surface area contributed by atoms with Gasteiger partial charge < -0.3 is 0 Å². The smallest absolute Gasteiger partial charge is 0.0874 e. The SMILES string of the molecule is IN1c2ccccc2C=Nc2ccccc21. The molecule has 1 aliphatic heterocycles. The van der Waals surface area contributed by atoms with Crippen molar-refractivity contribution in [3.8, 4) is 0 Å². The van der Waals surface area contributed by atoms with Crippen LogP contribution in [-0.4, -0.2) is 6.21 Å². The predicted molar refractivity (Wildman–Crippen MR) is 76.3 cm³/mol. The van der Waals surface area contributed by atoms with Crippen LogP contribution in [0.15, 0.2) is 53.5 Å². The second-order valence-corrected chi connectivity index (χ2v) is 4.55. The van der Waals surface area contributed by atoms with Gasteiger partial charge in [-0.2, -0.15) is 0 Å². The van der Waals surface area contributed by atoms with Gasteiger partial charge in [0, 0.05) is 11.8 Å². The van der Waals surface area contributed by atoms with E-state index in [0.29, 0.717) is 0 Å². The fourth-order valence-corrected chi connectivity index (χ4v) is 2.63. The molecule has 1 heterocycles. The predicted octanol–water partition coefficient (Wildman–Crippen LogP) is 4.24. The van der Waals surface area contributed by atoms with Gasteiger partial charge in [0.25, 0.3) is 0 Å². The summed E-state index contributed by atoms with van der Waals surface area (Å²) in [6, 6.07) is 16.4. The van der Waals surface area contributed by atoms with Gasteiger partial charge in [-0.25, -0.2) is 0 Å². The minimum absolute atomic E-state index is 1.01. The number of fused-ring (bicyclic) bond motifs is 2. The fraction of sp³-hybridized carbons (Fsp3) is 0. The first-order valence-electron chi connectivity index (χ1n) is 5.04. The van der Waals surface area contributed by atoms with Crippen LogP contribution in [0, 0.1) is 0 Å². The Morgan fingerprint density at radius 2 is 1.56 bits per heavy atom. The summed E-state index contributed by atoms with van der Waals surface area (Å²) in [6.45, 7) is 0. The lowest BCUT2D eigenvalue weighted by molar-refractivity contribution is 1.46. The minimum atomic E-state index is 1.01. The molecule has 1 aliphatic rings. The largest absolute Gasteiger partial charge is 0.280 e. The molecule has 0 N–H and O–H groups in total. The van der Waals surface area contributed by atoms with Crippen LogP contribution in [0.3, 0.4) is 0 Å². The first kappa shape index (κ1) is 9.84. The Morgan fingerprint density at radius 1 is 0.875 bits per heavy atom. The lowest BCUT2D eigenvalue weighted by Crippen LogP contribution is -2.01. The van der Waals surface area contributed by atoms with Gasteiger partial charge in [0.2, 0.25) is 0 Å². The molecule has 0 atom stereocenters. The summed E-state index contributed by atoms with van der Waals surface area (Å²) in [5.74, 6) is 0. The second kappa shape index (κ2) is 3.90. The molecule has 0 spiro atoms. The van der Waals surface area contributed by atoms with E-state index in [-0.39, 0.29) is 0 Å². The molecular weight excluding hydrogens is 311 g/mol. The highest BCUT2D eigenvalue weighted by atomic mass is 127. The highest BCUT2D eigenvalue weighted by molar-refractivity contribution is 14.1. The monoisotopic (exact) mass is 320 g/mol. The van der Waals surface area contributed by atoms with E-state index in [9.17, 15) is 0 Å².